The highest BCUT2D eigenvalue weighted by atomic mass is 32.2. The van der Waals surface area contributed by atoms with Crippen molar-refractivity contribution < 1.29 is 38.9 Å². The molecule has 0 aliphatic carbocycles. The van der Waals surface area contributed by atoms with E-state index in [1.54, 1.807) is 6.92 Å². The van der Waals surface area contributed by atoms with Crippen molar-refractivity contribution in [3.63, 3.8) is 0 Å². The Morgan fingerprint density at radius 2 is 2.10 bits per heavy atom. The number of carboxylic acid groups (broad SMARTS) is 2. The van der Waals surface area contributed by atoms with Crippen molar-refractivity contribution >= 4 is 75.3 Å². The molecule has 1 unspecified atom stereocenters. The van der Waals surface area contributed by atoms with Crippen LogP contribution in [0.25, 0.3) is 0 Å². The van der Waals surface area contributed by atoms with Crippen LogP contribution >= 0.6 is 34.9 Å². The maximum Gasteiger partial charge on any atom is 0.384 e. The summed E-state index contributed by atoms with van der Waals surface area (Å²) in [4.78, 5) is 64.0. The van der Waals surface area contributed by atoms with Crippen molar-refractivity contribution in [1.29, 1.82) is 0 Å². The number of aliphatic carboxylic acids is 2. The molecule has 0 spiro atoms. The van der Waals surface area contributed by atoms with Crippen molar-refractivity contribution in [2.75, 3.05) is 28.8 Å². The van der Waals surface area contributed by atoms with Gasteiger partial charge in [-0.2, -0.15) is 0 Å². The van der Waals surface area contributed by atoms with Crippen LogP contribution in [0, 0.1) is 0 Å². The number of nitrogens with one attached hydrogen (secondary N) is 1. The lowest BCUT2D eigenvalue weighted by Crippen LogP contribution is -2.71. The molecule has 1 fully saturated rings. The normalized spacial score (nSPS) is 19.5. The maximum atomic E-state index is 13.2. The molecule has 0 saturated carbocycles. The molecule has 16 nitrogen and oxygen atoms in total. The third kappa shape index (κ3) is 5.89. The van der Waals surface area contributed by atoms with Crippen LogP contribution in [-0.4, -0.2) is 83.6 Å². The predicted molar refractivity (Wildman–Crippen MR) is 145 cm³/mol. The molecule has 0 radical (unpaired) electrons. The smallest absolute Gasteiger partial charge is 0.384 e. The van der Waals surface area contributed by atoms with E-state index in [2.05, 4.69) is 20.4 Å². The zero-order valence-corrected chi connectivity index (χ0v) is 23.2. The molecule has 2 aliphatic rings. The molecule has 19 heteroatoms. The molecule has 2 amide bonds. The zero-order chi connectivity index (χ0) is 29.1. The van der Waals surface area contributed by atoms with E-state index >= 15 is 0 Å². The standard InChI is InChI=1S/C21H23N9O7S3/c1-2-10(18(33)34)37-28-12(9-7-39-20(23)25-9)15(31)27-13-16(32)30-14(19(35)36)8(5-38-17(13)30)6-40-21-26-11(22)3-4-29(21)24/h3-4,7,10,13,17,22H,2,5-6,24H2,1H3,(H5,23,25,27,31,33,34,35,36)/p+1/b28-12-/t10-,13?,17-/m1/s1. The molecule has 2 aromatic rings. The topological polar surface area (TPSA) is 253 Å². The van der Waals surface area contributed by atoms with Gasteiger partial charge in [-0.1, -0.05) is 12.1 Å². The summed E-state index contributed by atoms with van der Waals surface area (Å²) in [6.45, 7) is 1.57. The monoisotopic (exact) mass is 610 g/mol. The number of thiazole rings is 1. The Morgan fingerprint density at radius 1 is 1.35 bits per heavy atom. The van der Waals surface area contributed by atoms with E-state index in [1.807, 2.05) is 0 Å². The molecule has 0 bridgehead atoms. The maximum absolute atomic E-state index is 13.2. The third-order valence-corrected chi connectivity index (χ3v) is 8.73. The van der Waals surface area contributed by atoms with Crippen LogP contribution in [0.15, 0.2) is 39.2 Å². The third-order valence-electron chi connectivity index (χ3n) is 5.66. The number of rotatable bonds is 11. The summed E-state index contributed by atoms with van der Waals surface area (Å²) < 4.78 is 1.25. The van der Waals surface area contributed by atoms with E-state index in [-0.39, 0.29) is 46.0 Å². The van der Waals surface area contributed by atoms with E-state index in [4.69, 9.17) is 22.1 Å². The second-order valence-electron chi connectivity index (χ2n) is 8.30. The van der Waals surface area contributed by atoms with Gasteiger partial charge in [-0.3, -0.25) is 20.3 Å². The lowest BCUT2D eigenvalue weighted by atomic mass is 10.0. The number of hydrogen-bond donors (Lipinski definition) is 6. The number of nitrogen functional groups attached to an aromatic ring is 3. The van der Waals surface area contributed by atoms with Crippen LogP contribution in [0.3, 0.4) is 0 Å². The van der Waals surface area contributed by atoms with Gasteiger partial charge in [-0.05, 0) is 28.7 Å². The number of amides is 2. The fourth-order valence-corrected chi connectivity index (χ4v) is 6.64. The Hall–Kier alpha value is -4.10. The largest absolute Gasteiger partial charge is 0.478 e. The molecule has 0 aromatic carbocycles. The van der Waals surface area contributed by atoms with Gasteiger partial charge in [0.1, 0.15) is 29.0 Å². The fourth-order valence-electron chi connectivity index (χ4n) is 3.70. The Kier molecular flexibility index (Phi) is 8.64. The minimum atomic E-state index is -1.32. The number of oxime groups is 1. The predicted octanol–water partition coefficient (Wildman–Crippen LogP) is -1.18. The zero-order valence-electron chi connectivity index (χ0n) is 20.7. The Labute approximate surface area is 238 Å². The summed E-state index contributed by atoms with van der Waals surface area (Å²) in [7, 11) is 0. The molecule has 9 N–H and O–H groups in total. The van der Waals surface area contributed by atoms with Gasteiger partial charge in [-0.25, -0.2) is 14.6 Å². The van der Waals surface area contributed by atoms with Crippen molar-refractivity contribution in [3.8, 4) is 0 Å². The number of carbonyl (C=O) groups is 4. The number of anilines is 2. The number of carbonyl (C=O) groups excluding carboxylic acids is 2. The quantitative estimate of drug-likeness (QED) is 0.0333. The van der Waals surface area contributed by atoms with Gasteiger partial charge in [0.05, 0.1) is 0 Å². The SMILES string of the molecule is CC[C@@H](O/N=C(\C(=O)NC1C(=O)N2C(C(=O)O)=C(CSc3nc(N)cc[n+]3N)CS[C@H]12)c1csc(N)n1)C(=O)O. The molecular weight excluding hydrogens is 586 g/mol. The van der Waals surface area contributed by atoms with Gasteiger partial charge in [0.25, 0.3) is 11.8 Å². The van der Waals surface area contributed by atoms with E-state index in [9.17, 15) is 29.4 Å². The number of hydrogen-bond acceptors (Lipinski definition) is 14. The van der Waals surface area contributed by atoms with Crippen LogP contribution in [0.4, 0.5) is 10.9 Å². The molecule has 2 aromatic heterocycles. The van der Waals surface area contributed by atoms with Crippen molar-refractivity contribution in [2.45, 2.75) is 36.0 Å². The fraction of sp³-hybridized carbons (Fsp3) is 0.333. The Bertz CT molecular complexity index is 1430. The number of β-lactam (4-membered cyclic amide) rings is 1. The molecule has 4 heterocycles. The summed E-state index contributed by atoms with van der Waals surface area (Å²) in [6, 6.07) is 0.436. The minimum Gasteiger partial charge on any atom is -0.478 e. The molecule has 4 rings (SSSR count). The van der Waals surface area contributed by atoms with E-state index in [0.717, 1.165) is 28.0 Å². The van der Waals surface area contributed by atoms with E-state index < -0.39 is 41.3 Å². The summed E-state index contributed by atoms with van der Waals surface area (Å²) in [5.41, 5.74) is 11.3. The second-order valence-corrected chi connectivity index (χ2v) is 11.2. The first kappa shape index (κ1) is 28.9. The molecule has 40 heavy (non-hydrogen) atoms. The first-order valence-corrected chi connectivity index (χ1v) is 14.4. The summed E-state index contributed by atoms with van der Waals surface area (Å²) in [6.07, 6.45) is 0.275. The number of fused-ring (bicyclic) bond motifs is 1. The van der Waals surface area contributed by atoms with Crippen molar-refractivity contribution in [3.05, 3.63) is 34.6 Å². The second kappa shape index (κ2) is 12.0. The van der Waals surface area contributed by atoms with Crippen LogP contribution in [0.1, 0.15) is 19.0 Å². The summed E-state index contributed by atoms with van der Waals surface area (Å²) in [5, 5.41) is 26.6. The van der Waals surface area contributed by atoms with Crippen LogP contribution in [-0.2, 0) is 24.0 Å². The van der Waals surface area contributed by atoms with Gasteiger partial charge in [-0.15, -0.1) is 27.8 Å². The van der Waals surface area contributed by atoms with Gasteiger partial charge in [0.2, 0.25) is 11.9 Å². The Morgan fingerprint density at radius 3 is 2.73 bits per heavy atom. The van der Waals surface area contributed by atoms with E-state index in [0.29, 0.717) is 10.7 Å². The first-order valence-electron chi connectivity index (χ1n) is 11.5. The molecular formula is C21H24N9O7S3+. The summed E-state index contributed by atoms with van der Waals surface area (Å²) in [5.74, 6) is 2.44. The number of aromatic nitrogens is 3. The molecule has 3 atom stereocenters. The molecule has 2 aliphatic heterocycles. The van der Waals surface area contributed by atoms with Gasteiger partial charge in [0, 0.05) is 23.0 Å². The highest BCUT2D eigenvalue weighted by Gasteiger charge is 2.54. The number of nitrogens with two attached hydrogens (primary N) is 3. The van der Waals surface area contributed by atoms with E-state index in [1.165, 1.54) is 34.1 Å². The number of nitrogens with zero attached hydrogens (tertiary/aromatic N) is 5. The Balaban J connectivity index is 1.52. The van der Waals surface area contributed by atoms with Crippen LogP contribution in [0.5, 0.6) is 0 Å². The van der Waals surface area contributed by atoms with Gasteiger partial charge < -0.3 is 31.8 Å². The lowest BCUT2D eigenvalue weighted by Gasteiger charge is -2.49. The highest BCUT2D eigenvalue weighted by molar-refractivity contribution is 8.01. The van der Waals surface area contributed by atoms with Crippen LogP contribution in [0.2, 0.25) is 0 Å². The number of thioether (sulfide) groups is 2. The lowest BCUT2D eigenvalue weighted by molar-refractivity contribution is -0.682. The molecule has 1 saturated heterocycles. The van der Waals surface area contributed by atoms with Gasteiger partial charge >= 0.3 is 17.1 Å². The van der Waals surface area contributed by atoms with Crippen molar-refractivity contribution in [2.24, 2.45) is 5.16 Å². The average Bonchev–Trinajstić information content (AvgIpc) is 3.34. The molecule has 212 valence electrons. The van der Waals surface area contributed by atoms with Crippen molar-refractivity contribution in [1.82, 2.24) is 20.2 Å². The minimum absolute atomic E-state index is 0.0258. The first-order chi connectivity index (χ1) is 19.0. The highest BCUT2D eigenvalue weighted by Crippen LogP contribution is 2.41. The van der Waals surface area contributed by atoms with Crippen LogP contribution < -0.4 is 27.3 Å². The number of carboxylic acids is 2. The summed E-state index contributed by atoms with van der Waals surface area (Å²) >= 11 is 3.45. The van der Waals surface area contributed by atoms with Gasteiger partial charge in [0.15, 0.2) is 10.8 Å². The average molecular weight is 611 g/mol.